The first kappa shape index (κ1) is 49.6. The molecule has 0 aromatic heterocycles. The van der Waals surface area contributed by atoms with E-state index in [2.05, 4.69) is 66.4 Å². The lowest BCUT2D eigenvalue weighted by Crippen LogP contribution is -2.41. The van der Waals surface area contributed by atoms with Crippen molar-refractivity contribution in [1.29, 1.82) is 0 Å². The summed E-state index contributed by atoms with van der Waals surface area (Å²) in [6.45, 7) is 10.1. The normalized spacial score (nSPS) is 13.0. The van der Waals surface area contributed by atoms with Crippen LogP contribution in [0.2, 0.25) is 0 Å². The molecule has 336 valence electrons. The lowest BCUT2D eigenvalue weighted by atomic mass is 9.99. The highest BCUT2D eigenvalue weighted by atomic mass is 16.5. The van der Waals surface area contributed by atoms with E-state index in [1.807, 2.05) is 37.3 Å². The molecule has 11 heteroatoms. The first-order chi connectivity index (χ1) is 30.2. The average Bonchev–Trinajstić information content (AvgIpc) is 3.29. The molecular weight excluding hydrogens is 785 g/mol. The van der Waals surface area contributed by atoms with Crippen molar-refractivity contribution in [3.8, 4) is 33.8 Å². The van der Waals surface area contributed by atoms with Crippen LogP contribution in [-0.2, 0) is 47.9 Å². The Hall–Kier alpha value is -5.07. The molecule has 1 aliphatic rings. The zero-order valence-electron chi connectivity index (χ0n) is 37.8. The standard InChI is InChI=1S/C29H42N2O4.C22H26O5/c1-5-34-29(32)14-10-23-9-13-27(28(21-23)35-20-6-19-33-4)25-11-7-24(8-12-25)22-31-17-15-26(16-18-31)30(2)3;1-3-26-22(24)12-8-17-7-11-20(19-9-5-18(16-23)6-10-19)21(15-17)27-14-4-13-25-2/h7-9,11-13,21,26H,5-6,10,14-20,22H2,1-4H3;5-7,9-11,15-16H,3-4,8,12-14H2,1-2H3. The molecule has 1 saturated heterocycles. The van der Waals surface area contributed by atoms with E-state index >= 15 is 0 Å². The fourth-order valence-corrected chi connectivity index (χ4v) is 7.27. The van der Waals surface area contributed by atoms with Crippen LogP contribution >= 0.6 is 0 Å². The minimum atomic E-state index is -0.200. The highest BCUT2D eigenvalue weighted by Gasteiger charge is 2.21. The molecule has 0 radical (unpaired) electrons. The minimum absolute atomic E-state index is 0.166. The number of aldehydes is 1. The maximum absolute atomic E-state index is 11.8. The smallest absolute Gasteiger partial charge is 0.306 e. The van der Waals surface area contributed by atoms with E-state index in [1.165, 1.54) is 18.4 Å². The second-order valence-corrected chi connectivity index (χ2v) is 15.6. The zero-order chi connectivity index (χ0) is 44.5. The number of benzene rings is 4. The third-order valence-electron chi connectivity index (χ3n) is 10.8. The Morgan fingerprint density at radius 1 is 0.645 bits per heavy atom. The number of carbonyl (C=O) groups excluding carboxylic acids is 3. The van der Waals surface area contributed by atoms with Gasteiger partial charge < -0.3 is 33.3 Å². The van der Waals surface area contributed by atoms with Gasteiger partial charge in [0.1, 0.15) is 17.8 Å². The van der Waals surface area contributed by atoms with Gasteiger partial charge in [-0.3, -0.25) is 19.3 Å². The summed E-state index contributed by atoms with van der Waals surface area (Å²) in [5.41, 5.74) is 8.18. The number of aryl methyl sites for hydroxylation is 2. The van der Waals surface area contributed by atoms with E-state index < -0.39 is 0 Å². The number of ether oxygens (including phenoxy) is 6. The van der Waals surface area contributed by atoms with E-state index in [0.29, 0.717) is 76.9 Å². The van der Waals surface area contributed by atoms with Gasteiger partial charge in [0.25, 0.3) is 0 Å². The molecule has 4 aromatic rings. The molecule has 0 unspecified atom stereocenters. The maximum Gasteiger partial charge on any atom is 0.306 e. The van der Waals surface area contributed by atoms with Crippen molar-refractivity contribution in [2.45, 2.75) is 77.8 Å². The lowest BCUT2D eigenvalue weighted by molar-refractivity contribution is -0.144. The fourth-order valence-electron chi connectivity index (χ4n) is 7.27. The fraction of sp³-hybridized carbons (Fsp3) is 0.471. The van der Waals surface area contributed by atoms with E-state index in [0.717, 1.165) is 83.6 Å². The molecule has 0 aliphatic carbocycles. The summed E-state index contributed by atoms with van der Waals surface area (Å²) in [5.74, 6) is 1.24. The van der Waals surface area contributed by atoms with Gasteiger partial charge in [-0.05, 0) is 107 Å². The molecular formula is C51H68N2O9. The predicted molar refractivity (Wildman–Crippen MR) is 245 cm³/mol. The number of methoxy groups -OCH3 is 2. The molecule has 5 rings (SSSR count). The topological polar surface area (TPSA) is 113 Å². The van der Waals surface area contributed by atoms with E-state index in [1.54, 1.807) is 33.3 Å². The monoisotopic (exact) mass is 852 g/mol. The van der Waals surface area contributed by atoms with E-state index in [-0.39, 0.29) is 11.9 Å². The maximum atomic E-state index is 11.8. The van der Waals surface area contributed by atoms with Crippen molar-refractivity contribution in [1.82, 2.24) is 9.80 Å². The Morgan fingerprint density at radius 2 is 1.10 bits per heavy atom. The van der Waals surface area contributed by atoms with Gasteiger partial charge in [0.15, 0.2) is 0 Å². The molecule has 0 amide bonds. The van der Waals surface area contributed by atoms with Crippen LogP contribution in [0.1, 0.15) is 79.4 Å². The molecule has 0 atom stereocenters. The molecule has 0 N–H and O–H groups in total. The second kappa shape index (κ2) is 27.8. The molecule has 0 spiro atoms. The number of hydrogen-bond acceptors (Lipinski definition) is 11. The minimum Gasteiger partial charge on any atom is -0.493 e. The molecule has 1 fully saturated rings. The molecule has 11 nitrogen and oxygen atoms in total. The summed E-state index contributed by atoms with van der Waals surface area (Å²) in [5, 5.41) is 0. The van der Waals surface area contributed by atoms with Crippen LogP contribution in [-0.4, -0.2) is 115 Å². The van der Waals surface area contributed by atoms with Gasteiger partial charge in [-0.1, -0.05) is 72.8 Å². The van der Waals surface area contributed by atoms with Gasteiger partial charge in [0.2, 0.25) is 0 Å². The lowest BCUT2D eigenvalue weighted by Gasteiger charge is -2.35. The molecule has 0 bridgehead atoms. The SMILES string of the molecule is CCOC(=O)CCc1ccc(-c2ccc(C=O)cc2)c(OCCCOC)c1.CCOC(=O)CCc1ccc(-c2ccc(CN3CCC(N(C)C)CC3)cc2)c(OCCCOC)c1. The second-order valence-electron chi connectivity index (χ2n) is 15.6. The van der Waals surface area contributed by atoms with Crippen LogP contribution in [0.15, 0.2) is 84.9 Å². The number of esters is 2. The highest BCUT2D eigenvalue weighted by molar-refractivity contribution is 5.78. The Morgan fingerprint density at radius 3 is 1.52 bits per heavy atom. The van der Waals surface area contributed by atoms with Gasteiger partial charge in [-0.15, -0.1) is 0 Å². The van der Waals surface area contributed by atoms with Gasteiger partial charge >= 0.3 is 11.9 Å². The number of piperidine rings is 1. The highest BCUT2D eigenvalue weighted by Crippen LogP contribution is 2.33. The van der Waals surface area contributed by atoms with Gasteiger partial charge in [0, 0.05) is 82.4 Å². The van der Waals surface area contributed by atoms with Crippen LogP contribution < -0.4 is 9.47 Å². The average molecular weight is 853 g/mol. The Bertz CT molecular complexity index is 1920. The Balaban J connectivity index is 0.000000282. The van der Waals surface area contributed by atoms with Crippen LogP contribution in [0, 0.1) is 0 Å². The van der Waals surface area contributed by atoms with Crippen molar-refractivity contribution in [2.24, 2.45) is 0 Å². The molecule has 1 aliphatic heterocycles. The Kier molecular flexibility index (Phi) is 22.2. The zero-order valence-corrected chi connectivity index (χ0v) is 37.8. The van der Waals surface area contributed by atoms with Gasteiger partial charge in [-0.25, -0.2) is 0 Å². The summed E-state index contributed by atoms with van der Waals surface area (Å²) in [7, 11) is 7.73. The third kappa shape index (κ3) is 17.0. The molecule has 0 saturated carbocycles. The molecule has 4 aromatic carbocycles. The van der Waals surface area contributed by atoms with Gasteiger partial charge in [0.05, 0.1) is 26.4 Å². The van der Waals surface area contributed by atoms with Crippen molar-refractivity contribution < 1.29 is 42.8 Å². The number of carbonyl (C=O) groups is 3. The van der Waals surface area contributed by atoms with Crippen LogP contribution in [0.3, 0.4) is 0 Å². The molecule has 62 heavy (non-hydrogen) atoms. The largest absolute Gasteiger partial charge is 0.493 e. The van der Waals surface area contributed by atoms with E-state index in [9.17, 15) is 14.4 Å². The number of likely N-dealkylation sites (tertiary alicyclic amines) is 1. The van der Waals surface area contributed by atoms with Crippen LogP contribution in [0.4, 0.5) is 0 Å². The van der Waals surface area contributed by atoms with Crippen LogP contribution in [0.25, 0.3) is 22.3 Å². The third-order valence-corrected chi connectivity index (χ3v) is 10.8. The van der Waals surface area contributed by atoms with Gasteiger partial charge in [-0.2, -0.15) is 0 Å². The summed E-state index contributed by atoms with van der Waals surface area (Å²) in [6, 6.07) is 29.1. The Labute approximate surface area is 369 Å². The van der Waals surface area contributed by atoms with Crippen molar-refractivity contribution in [3.05, 3.63) is 107 Å². The van der Waals surface area contributed by atoms with E-state index in [4.69, 9.17) is 28.4 Å². The predicted octanol–water partition coefficient (Wildman–Crippen LogP) is 8.87. The summed E-state index contributed by atoms with van der Waals surface area (Å²) < 4.78 is 32.4. The van der Waals surface area contributed by atoms with Crippen molar-refractivity contribution in [3.63, 3.8) is 0 Å². The molecule has 1 heterocycles. The summed E-state index contributed by atoms with van der Waals surface area (Å²) >= 11 is 0. The first-order valence-electron chi connectivity index (χ1n) is 22.0. The summed E-state index contributed by atoms with van der Waals surface area (Å²) in [6.07, 6.45) is 6.84. The number of rotatable bonds is 24. The number of hydrogen-bond donors (Lipinski definition) is 0. The number of nitrogens with zero attached hydrogens (tertiary/aromatic N) is 2. The van der Waals surface area contributed by atoms with Crippen molar-refractivity contribution in [2.75, 3.05) is 81.0 Å². The quantitative estimate of drug-likeness (QED) is 0.0383. The van der Waals surface area contributed by atoms with Crippen molar-refractivity contribution >= 4 is 18.2 Å². The first-order valence-corrected chi connectivity index (χ1v) is 22.0. The summed E-state index contributed by atoms with van der Waals surface area (Å²) in [4.78, 5) is 39.2. The van der Waals surface area contributed by atoms with Crippen LogP contribution in [0.5, 0.6) is 11.5 Å².